The van der Waals surface area contributed by atoms with Crippen LogP contribution in [-0.2, 0) is 4.74 Å². The van der Waals surface area contributed by atoms with Gasteiger partial charge in [-0.3, -0.25) is 0 Å². The number of hydrogen-bond acceptors (Lipinski definition) is 4. The van der Waals surface area contributed by atoms with Gasteiger partial charge in [-0.05, 0) is 43.1 Å². The van der Waals surface area contributed by atoms with Crippen molar-refractivity contribution in [2.75, 3.05) is 24.7 Å². The number of thioether (sulfide) groups is 1. The highest BCUT2D eigenvalue weighted by molar-refractivity contribution is 7.99. The fourth-order valence-electron chi connectivity index (χ4n) is 3.02. The molecule has 2 atom stereocenters. The Bertz CT molecular complexity index is 249. The summed E-state index contributed by atoms with van der Waals surface area (Å²) in [5.41, 5.74) is 0.137. The molecule has 2 N–H and O–H groups in total. The molecule has 1 spiro atoms. The predicted octanol–water partition coefficient (Wildman–Crippen LogP) is 2.04. The number of hydrogen-bond donors (Lipinski definition) is 2. The van der Waals surface area contributed by atoms with Gasteiger partial charge in [0, 0.05) is 18.7 Å². The number of aliphatic hydroxyl groups excluding tert-OH is 1. The Morgan fingerprint density at radius 2 is 2.11 bits per heavy atom. The zero-order chi connectivity index (χ0) is 13.0. The summed E-state index contributed by atoms with van der Waals surface area (Å²) < 4.78 is 6.10. The largest absolute Gasteiger partial charge is 0.395 e. The van der Waals surface area contributed by atoms with E-state index in [1.54, 1.807) is 0 Å². The van der Waals surface area contributed by atoms with Gasteiger partial charge in [0.1, 0.15) is 0 Å². The summed E-state index contributed by atoms with van der Waals surface area (Å²) in [5.74, 6) is 2.96. The first kappa shape index (κ1) is 14.6. The molecule has 0 saturated carbocycles. The number of rotatable bonds is 4. The standard InChI is InChI=1S/C14H27NO2S/c1-11(2)13(10-16)15-12-3-6-17-14(9-12)4-7-18-8-5-14/h11-13,15-16H,3-10H2,1-2H3/t12?,13-/m1/s1. The lowest BCUT2D eigenvalue weighted by Gasteiger charge is -2.44. The van der Waals surface area contributed by atoms with Crippen LogP contribution in [0.25, 0.3) is 0 Å². The molecule has 0 aromatic rings. The molecule has 0 aromatic heterocycles. The van der Waals surface area contributed by atoms with E-state index in [1.165, 1.54) is 24.3 Å². The lowest BCUT2D eigenvalue weighted by Crippen LogP contribution is -2.52. The molecule has 18 heavy (non-hydrogen) atoms. The summed E-state index contributed by atoms with van der Waals surface area (Å²) in [4.78, 5) is 0. The normalized spacial score (nSPS) is 29.7. The molecule has 2 aliphatic rings. The second kappa shape index (κ2) is 6.60. The molecule has 1 unspecified atom stereocenters. The quantitative estimate of drug-likeness (QED) is 0.822. The van der Waals surface area contributed by atoms with Crippen molar-refractivity contribution < 1.29 is 9.84 Å². The van der Waals surface area contributed by atoms with Crippen LogP contribution >= 0.6 is 11.8 Å². The molecule has 2 rings (SSSR count). The van der Waals surface area contributed by atoms with E-state index in [0.29, 0.717) is 12.0 Å². The Labute approximate surface area is 115 Å². The minimum Gasteiger partial charge on any atom is -0.395 e. The molecule has 0 aromatic carbocycles. The molecule has 0 amide bonds. The van der Waals surface area contributed by atoms with Crippen molar-refractivity contribution in [3.63, 3.8) is 0 Å². The Hall–Kier alpha value is 0.230. The molecule has 4 heteroatoms. The van der Waals surface area contributed by atoms with Gasteiger partial charge >= 0.3 is 0 Å². The molecule has 3 nitrogen and oxygen atoms in total. The molecular weight excluding hydrogens is 246 g/mol. The summed E-state index contributed by atoms with van der Waals surface area (Å²) in [6.07, 6.45) is 4.59. The maximum absolute atomic E-state index is 9.43. The van der Waals surface area contributed by atoms with Crippen molar-refractivity contribution in [3.05, 3.63) is 0 Å². The van der Waals surface area contributed by atoms with Gasteiger partial charge in [0.15, 0.2) is 0 Å². The van der Waals surface area contributed by atoms with Gasteiger partial charge in [0.2, 0.25) is 0 Å². The summed E-state index contributed by atoms with van der Waals surface area (Å²) >= 11 is 2.05. The second-order valence-corrected chi connectivity index (χ2v) is 7.26. The highest BCUT2D eigenvalue weighted by atomic mass is 32.2. The third-order valence-electron chi connectivity index (χ3n) is 4.35. The summed E-state index contributed by atoms with van der Waals surface area (Å²) in [7, 11) is 0. The van der Waals surface area contributed by atoms with Crippen LogP contribution < -0.4 is 5.32 Å². The molecule has 106 valence electrons. The summed E-state index contributed by atoms with van der Waals surface area (Å²) in [6.45, 7) is 5.44. The van der Waals surface area contributed by atoms with Crippen molar-refractivity contribution in [1.82, 2.24) is 5.32 Å². The molecule has 0 bridgehead atoms. The van der Waals surface area contributed by atoms with Gasteiger partial charge in [-0.15, -0.1) is 0 Å². The van der Waals surface area contributed by atoms with Crippen LogP contribution in [0.2, 0.25) is 0 Å². The first-order chi connectivity index (χ1) is 8.65. The van der Waals surface area contributed by atoms with Gasteiger partial charge in [-0.2, -0.15) is 11.8 Å². The molecule has 2 saturated heterocycles. The maximum Gasteiger partial charge on any atom is 0.0713 e. The molecule has 2 aliphatic heterocycles. The van der Waals surface area contributed by atoms with Crippen LogP contribution in [0.15, 0.2) is 0 Å². The number of aliphatic hydroxyl groups is 1. The highest BCUT2D eigenvalue weighted by Gasteiger charge is 2.39. The van der Waals surface area contributed by atoms with Crippen molar-refractivity contribution in [1.29, 1.82) is 0 Å². The van der Waals surface area contributed by atoms with E-state index in [1.807, 2.05) is 11.8 Å². The lowest BCUT2D eigenvalue weighted by molar-refractivity contribution is -0.0952. The molecular formula is C14H27NO2S. The van der Waals surface area contributed by atoms with Crippen LogP contribution in [0, 0.1) is 5.92 Å². The first-order valence-electron chi connectivity index (χ1n) is 7.24. The van der Waals surface area contributed by atoms with Crippen molar-refractivity contribution >= 4 is 11.8 Å². The zero-order valence-corrected chi connectivity index (χ0v) is 12.5. The molecule has 2 fully saturated rings. The third kappa shape index (κ3) is 3.62. The molecule has 2 heterocycles. The maximum atomic E-state index is 9.43. The number of ether oxygens (including phenoxy) is 1. The van der Waals surface area contributed by atoms with Crippen LogP contribution in [0.5, 0.6) is 0 Å². The SMILES string of the molecule is CC(C)[C@@H](CO)NC1CCOC2(CCSCC2)C1. The topological polar surface area (TPSA) is 41.5 Å². The monoisotopic (exact) mass is 273 g/mol. The van der Waals surface area contributed by atoms with Gasteiger partial charge < -0.3 is 15.2 Å². The van der Waals surface area contributed by atoms with Gasteiger partial charge in [0.25, 0.3) is 0 Å². The van der Waals surface area contributed by atoms with Crippen LogP contribution in [0.4, 0.5) is 0 Å². The van der Waals surface area contributed by atoms with Gasteiger partial charge in [-0.1, -0.05) is 13.8 Å². The van der Waals surface area contributed by atoms with E-state index in [2.05, 4.69) is 19.2 Å². The predicted molar refractivity (Wildman–Crippen MR) is 77.1 cm³/mol. The van der Waals surface area contributed by atoms with Crippen molar-refractivity contribution in [2.45, 2.75) is 57.2 Å². The highest BCUT2D eigenvalue weighted by Crippen LogP contribution is 2.37. The molecule has 0 aliphatic carbocycles. The van der Waals surface area contributed by atoms with E-state index in [0.717, 1.165) is 19.4 Å². The summed E-state index contributed by atoms with van der Waals surface area (Å²) in [6, 6.07) is 0.740. The second-order valence-electron chi connectivity index (χ2n) is 6.03. The Morgan fingerprint density at radius 3 is 2.72 bits per heavy atom. The Kier molecular flexibility index (Phi) is 5.36. The third-order valence-corrected chi connectivity index (χ3v) is 5.33. The van der Waals surface area contributed by atoms with E-state index in [9.17, 15) is 5.11 Å². The lowest BCUT2D eigenvalue weighted by atomic mass is 9.85. The van der Waals surface area contributed by atoms with Gasteiger partial charge in [0.05, 0.1) is 12.2 Å². The first-order valence-corrected chi connectivity index (χ1v) is 8.39. The van der Waals surface area contributed by atoms with Crippen LogP contribution in [0.3, 0.4) is 0 Å². The average Bonchev–Trinajstić information content (AvgIpc) is 2.36. The van der Waals surface area contributed by atoms with Crippen molar-refractivity contribution in [2.24, 2.45) is 5.92 Å². The number of nitrogens with one attached hydrogen (secondary N) is 1. The minimum atomic E-state index is 0.137. The van der Waals surface area contributed by atoms with E-state index in [-0.39, 0.29) is 18.2 Å². The fraction of sp³-hybridized carbons (Fsp3) is 1.00. The van der Waals surface area contributed by atoms with E-state index >= 15 is 0 Å². The fourth-order valence-corrected chi connectivity index (χ4v) is 4.26. The van der Waals surface area contributed by atoms with Gasteiger partial charge in [-0.25, -0.2) is 0 Å². The van der Waals surface area contributed by atoms with Crippen LogP contribution in [-0.4, -0.2) is 47.5 Å². The average molecular weight is 273 g/mol. The smallest absolute Gasteiger partial charge is 0.0713 e. The summed E-state index contributed by atoms with van der Waals surface area (Å²) in [5, 5.41) is 13.1. The zero-order valence-electron chi connectivity index (χ0n) is 11.7. The minimum absolute atomic E-state index is 0.137. The van der Waals surface area contributed by atoms with E-state index < -0.39 is 0 Å². The van der Waals surface area contributed by atoms with E-state index in [4.69, 9.17) is 4.74 Å². The van der Waals surface area contributed by atoms with Crippen LogP contribution in [0.1, 0.15) is 39.5 Å². The Balaban J connectivity index is 1.89. The van der Waals surface area contributed by atoms with Crippen molar-refractivity contribution in [3.8, 4) is 0 Å². The molecule has 0 radical (unpaired) electrons. The Morgan fingerprint density at radius 1 is 1.39 bits per heavy atom.